The monoisotopic (exact) mass is 511 g/mol. The number of sulfonamides is 1. The number of anilines is 1. The Bertz CT molecular complexity index is 976. The van der Waals surface area contributed by atoms with Crippen LogP contribution in [0, 0.1) is 0 Å². The number of nitrogens with one attached hydrogen (secondary N) is 1. The Balaban J connectivity index is 2.62. The predicted octanol–water partition coefficient (Wildman–Crippen LogP) is 5.95. The molecule has 2 aromatic carbocycles. The summed E-state index contributed by atoms with van der Waals surface area (Å²) in [6.07, 6.45) is -10.3. The molecule has 2 rings (SSSR count). The van der Waals surface area contributed by atoms with Crippen LogP contribution < -0.4 is 9.46 Å². The number of alkyl halides is 6. The molecule has 2 aromatic rings. The molecule has 0 heterocycles. The molecule has 0 aliphatic rings. The molecule has 0 atom stereocenters. The molecule has 0 bridgehead atoms. The maximum atomic E-state index is 12.9. The second-order valence-corrected chi connectivity index (χ2v) is 8.26. The van der Waals surface area contributed by atoms with E-state index >= 15 is 0 Å². The van der Waals surface area contributed by atoms with E-state index in [1.165, 1.54) is 6.07 Å². The third kappa shape index (κ3) is 5.03. The molecule has 0 aromatic heterocycles. The summed E-state index contributed by atoms with van der Waals surface area (Å²) in [5.74, 6) is -0.236. The van der Waals surface area contributed by atoms with Gasteiger partial charge >= 0.3 is 12.4 Å². The topological polar surface area (TPSA) is 55.4 Å². The van der Waals surface area contributed by atoms with E-state index in [1.54, 1.807) is 4.72 Å². The lowest BCUT2D eigenvalue weighted by molar-refractivity contribution is -0.143. The second-order valence-electron chi connectivity index (χ2n) is 5.32. The zero-order chi connectivity index (χ0) is 21.5. The molecular formula is C15H9BrClF6NO3S. The summed E-state index contributed by atoms with van der Waals surface area (Å²) in [6.45, 7) is 0. The van der Waals surface area contributed by atoms with Gasteiger partial charge in [-0.3, -0.25) is 4.72 Å². The van der Waals surface area contributed by atoms with E-state index in [2.05, 4.69) is 15.9 Å². The molecular weight excluding hydrogens is 504 g/mol. The number of rotatable bonds is 4. The van der Waals surface area contributed by atoms with Crippen molar-refractivity contribution in [2.75, 3.05) is 11.8 Å². The molecule has 0 radical (unpaired) electrons. The van der Waals surface area contributed by atoms with E-state index in [0.717, 1.165) is 13.2 Å². The fourth-order valence-corrected chi connectivity index (χ4v) is 4.58. The molecule has 0 spiro atoms. The molecule has 0 saturated carbocycles. The summed E-state index contributed by atoms with van der Waals surface area (Å²) in [5.41, 5.74) is -4.26. The maximum Gasteiger partial charge on any atom is 0.416 e. The van der Waals surface area contributed by atoms with Crippen LogP contribution in [0.4, 0.5) is 32.0 Å². The smallest absolute Gasteiger partial charge is 0.416 e. The molecule has 0 saturated heterocycles. The van der Waals surface area contributed by atoms with Crippen LogP contribution in [0.3, 0.4) is 0 Å². The van der Waals surface area contributed by atoms with Crippen molar-refractivity contribution >= 4 is 43.2 Å². The van der Waals surface area contributed by atoms with Crippen molar-refractivity contribution in [1.29, 1.82) is 0 Å². The number of benzene rings is 2. The SMILES string of the molecule is COc1c(Br)cc(Cl)cc1S(=O)(=O)Nc1cc(C(F)(F)F)cc(C(F)(F)F)c1. The first-order chi connectivity index (χ1) is 12.6. The van der Waals surface area contributed by atoms with E-state index in [9.17, 15) is 34.8 Å². The molecule has 4 nitrogen and oxygen atoms in total. The quantitative estimate of drug-likeness (QED) is 0.515. The maximum absolute atomic E-state index is 12.9. The van der Waals surface area contributed by atoms with Gasteiger partial charge in [-0.1, -0.05) is 11.6 Å². The van der Waals surface area contributed by atoms with Gasteiger partial charge < -0.3 is 4.74 Å². The van der Waals surface area contributed by atoms with Gasteiger partial charge in [0.1, 0.15) is 4.90 Å². The van der Waals surface area contributed by atoms with Crippen LogP contribution >= 0.6 is 27.5 Å². The average Bonchev–Trinajstić information content (AvgIpc) is 2.51. The second kappa shape index (κ2) is 7.64. The molecule has 0 unspecified atom stereocenters. The van der Waals surface area contributed by atoms with Gasteiger partial charge in [0.15, 0.2) is 5.75 Å². The minimum atomic E-state index is -5.13. The molecule has 154 valence electrons. The lowest BCUT2D eigenvalue weighted by atomic mass is 10.1. The van der Waals surface area contributed by atoms with Gasteiger partial charge in [-0.25, -0.2) is 8.42 Å². The van der Waals surface area contributed by atoms with Crippen LogP contribution in [0.5, 0.6) is 5.75 Å². The lowest BCUT2D eigenvalue weighted by Crippen LogP contribution is -2.17. The van der Waals surface area contributed by atoms with Crippen LogP contribution in [0.15, 0.2) is 39.7 Å². The fourth-order valence-electron chi connectivity index (χ4n) is 2.16. The van der Waals surface area contributed by atoms with Crippen LogP contribution in [0.1, 0.15) is 11.1 Å². The van der Waals surface area contributed by atoms with E-state index < -0.39 is 44.1 Å². The molecule has 0 amide bonds. The largest absolute Gasteiger partial charge is 0.494 e. The van der Waals surface area contributed by atoms with E-state index in [-0.39, 0.29) is 33.4 Å². The molecule has 0 aliphatic heterocycles. The van der Waals surface area contributed by atoms with Gasteiger partial charge in [0.05, 0.1) is 28.4 Å². The first-order valence-electron chi connectivity index (χ1n) is 7.00. The van der Waals surface area contributed by atoms with Crippen LogP contribution in [0.25, 0.3) is 0 Å². The van der Waals surface area contributed by atoms with E-state index in [4.69, 9.17) is 16.3 Å². The van der Waals surface area contributed by atoms with Gasteiger partial charge in [-0.05, 0) is 46.3 Å². The summed E-state index contributed by atoms with van der Waals surface area (Å²) in [7, 11) is -3.53. The minimum Gasteiger partial charge on any atom is -0.494 e. The molecule has 0 aliphatic carbocycles. The molecule has 0 fully saturated rings. The van der Waals surface area contributed by atoms with Crippen molar-refractivity contribution < 1.29 is 39.5 Å². The number of hydrogen-bond donors (Lipinski definition) is 1. The van der Waals surface area contributed by atoms with Crippen molar-refractivity contribution in [3.63, 3.8) is 0 Å². The van der Waals surface area contributed by atoms with Crippen LogP contribution in [-0.4, -0.2) is 15.5 Å². The zero-order valence-corrected chi connectivity index (χ0v) is 16.7. The van der Waals surface area contributed by atoms with Gasteiger partial charge in [-0.2, -0.15) is 26.3 Å². The fraction of sp³-hybridized carbons (Fsp3) is 0.200. The summed E-state index contributed by atoms with van der Waals surface area (Å²) < 4.78 is 109. The number of halogens is 8. The normalized spacial score (nSPS) is 12.8. The predicted molar refractivity (Wildman–Crippen MR) is 93.0 cm³/mol. The number of hydrogen-bond acceptors (Lipinski definition) is 3. The lowest BCUT2D eigenvalue weighted by Gasteiger charge is -2.17. The van der Waals surface area contributed by atoms with Crippen molar-refractivity contribution in [2.45, 2.75) is 17.2 Å². The number of methoxy groups -OCH3 is 1. The van der Waals surface area contributed by atoms with Crippen LogP contribution in [-0.2, 0) is 22.4 Å². The molecule has 13 heteroatoms. The number of ether oxygens (including phenoxy) is 1. The standard InChI is InChI=1S/C15H9BrClF6NO3S/c1-27-13-11(16)5-9(17)6-12(13)28(25,26)24-10-3-7(14(18,19)20)2-8(4-10)15(21,22)23/h2-6,24H,1H3. The summed E-state index contributed by atoms with van der Waals surface area (Å²) in [5, 5.41) is -0.0620. The summed E-state index contributed by atoms with van der Waals surface area (Å²) in [4.78, 5) is -0.583. The Hall–Kier alpha value is -1.66. The van der Waals surface area contributed by atoms with Crippen LogP contribution in [0.2, 0.25) is 5.02 Å². The Morgan fingerprint density at radius 1 is 0.964 bits per heavy atom. The first kappa shape index (κ1) is 22.6. The highest BCUT2D eigenvalue weighted by atomic mass is 79.9. The van der Waals surface area contributed by atoms with Gasteiger partial charge in [0.25, 0.3) is 10.0 Å². The minimum absolute atomic E-state index is 0.0620. The van der Waals surface area contributed by atoms with Crippen molar-refractivity contribution in [3.05, 3.63) is 51.0 Å². The Kier molecular flexibility index (Phi) is 6.17. The van der Waals surface area contributed by atoms with Crippen molar-refractivity contribution in [2.24, 2.45) is 0 Å². The Labute approximate surface area is 168 Å². The molecule has 1 N–H and O–H groups in total. The highest BCUT2D eigenvalue weighted by Crippen LogP contribution is 2.39. The summed E-state index contributed by atoms with van der Waals surface area (Å²) in [6, 6.07) is 2.61. The Morgan fingerprint density at radius 3 is 1.89 bits per heavy atom. The van der Waals surface area contributed by atoms with Gasteiger partial charge in [0.2, 0.25) is 0 Å². The van der Waals surface area contributed by atoms with Gasteiger partial charge in [-0.15, -0.1) is 0 Å². The Morgan fingerprint density at radius 2 is 1.46 bits per heavy atom. The molecule has 28 heavy (non-hydrogen) atoms. The van der Waals surface area contributed by atoms with Crippen molar-refractivity contribution in [1.82, 2.24) is 0 Å². The third-order valence-electron chi connectivity index (χ3n) is 3.31. The first-order valence-corrected chi connectivity index (χ1v) is 9.66. The van der Waals surface area contributed by atoms with Crippen molar-refractivity contribution in [3.8, 4) is 5.75 Å². The summed E-state index contributed by atoms with van der Waals surface area (Å²) >= 11 is 8.80. The highest BCUT2D eigenvalue weighted by Gasteiger charge is 2.37. The average molecular weight is 513 g/mol. The van der Waals surface area contributed by atoms with Gasteiger partial charge in [0, 0.05) is 5.02 Å². The van der Waals surface area contributed by atoms with E-state index in [1.807, 2.05) is 0 Å². The zero-order valence-electron chi connectivity index (χ0n) is 13.5. The van der Waals surface area contributed by atoms with E-state index in [0.29, 0.717) is 0 Å². The third-order valence-corrected chi connectivity index (χ3v) is 5.50. The highest BCUT2D eigenvalue weighted by molar-refractivity contribution is 9.10.